The Bertz CT molecular complexity index is 1110. The van der Waals surface area contributed by atoms with Crippen molar-refractivity contribution in [1.29, 1.82) is 0 Å². The van der Waals surface area contributed by atoms with E-state index in [0.29, 0.717) is 39.4 Å². The van der Waals surface area contributed by atoms with E-state index in [1.807, 2.05) is 12.1 Å². The number of benzene rings is 2. The average Bonchev–Trinajstić information content (AvgIpc) is 2.82. The summed E-state index contributed by atoms with van der Waals surface area (Å²) < 4.78 is 21.2. The van der Waals surface area contributed by atoms with Crippen molar-refractivity contribution in [2.45, 2.75) is 25.7 Å². The Hall–Kier alpha value is -0.580. The zero-order valence-electron chi connectivity index (χ0n) is 19.7. The number of carbonyl (C=O) groups is 1. The number of hydrogen-bond donors (Lipinski definition) is 0. The first kappa shape index (κ1) is 30.0. The number of anilines is 2. The number of ether oxygens (including phenoxy) is 1. The fourth-order valence-electron chi connectivity index (χ4n) is 4.28. The minimum atomic E-state index is -5.37. The third-order valence-corrected chi connectivity index (χ3v) is 7.25. The molecular weight excluding hydrogens is 556 g/mol. The van der Waals surface area contributed by atoms with Gasteiger partial charge in [-0.1, -0.05) is 35.3 Å². The van der Waals surface area contributed by atoms with Crippen LogP contribution < -0.4 is 24.5 Å². The fraction of sp³-hybridized carbons (Fsp3) is 0.435. The molecule has 0 bridgehead atoms. The molecule has 9 nitrogen and oxygen atoms in total. The predicted octanol–water partition coefficient (Wildman–Crippen LogP) is 2.63. The second-order valence-corrected chi connectivity index (χ2v) is 10.3. The Morgan fingerprint density at radius 1 is 0.972 bits per heavy atom. The Morgan fingerprint density at radius 2 is 1.72 bits per heavy atom. The Kier molecular flexibility index (Phi) is 11.2. The van der Waals surface area contributed by atoms with E-state index in [1.54, 1.807) is 18.2 Å². The van der Waals surface area contributed by atoms with Crippen LogP contribution in [0.4, 0.5) is 11.4 Å². The van der Waals surface area contributed by atoms with Gasteiger partial charge in [-0.25, -0.2) is 4.62 Å². The van der Waals surface area contributed by atoms with E-state index in [4.69, 9.17) is 27.9 Å². The normalized spacial score (nSPS) is 16.5. The predicted molar refractivity (Wildman–Crippen MR) is 137 cm³/mol. The molecule has 0 radical (unpaired) electrons. The summed E-state index contributed by atoms with van der Waals surface area (Å²) in [5, 5.41) is 1.71. The molecule has 0 unspecified atom stereocenters. The van der Waals surface area contributed by atoms with Crippen LogP contribution in [0.1, 0.15) is 24.8 Å². The number of amides is 1. The molecule has 190 valence electrons. The van der Waals surface area contributed by atoms with Crippen LogP contribution in [-0.2, 0) is 20.4 Å². The van der Waals surface area contributed by atoms with Gasteiger partial charge in [-0.05, 0) is 49.6 Å². The number of nitrogens with zero attached hydrogens (tertiary/aromatic N) is 3. The smallest absolute Gasteiger partial charge is 0.788 e. The number of halogens is 2. The molecule has 1 fully saturated rings. The summed E-state index contributed by atoms with van der Waals surface area (Å²) in [6, 6.07) is 10.7. The van der Waals surface area contributed by atoms with Gasteiger partial charge in [0, 0.05) is 38.7 Å². The molecule has 2 aromatic carbocycles. The molecule has 1 amide bonds. The van der Waals surface area contributed by atoms with Gasteiger partial charge in [0.1, 0.15) is 5.75 Å². The van der Waals surface area contributed by atoms with Crippen molar-refractivity contribution < 1.29 is 28.5 Å². The average molecular weight is 582 g/mol. The molecule has 2 aromatic rings. The van der Waals surface area contributed by atoms with Gasteiger partial charge in [-0.3, -0.25) is 9.69 Å². The second-order valence-electron chi connectivity index (χ2n) is 8.46. The molecule has 13 heteroatoms. The molecule has 0 aromatic heterocycles. The number of phosphoric acid groups is 1. The standard InChI is InChI=1S/C23H28Cl2N3O6P.Ca/c24-19-4-3-5-20(23(19)25)27-13-11-26(12-14-27)10-1-2-15-33-18-8-6-17-7-9-22(29)28(21(17)16-18)34-35(30,31)32;/h3-6,8,16H,1-2,7,9-15H2,(H2,30,31,32);/q;+2/p-2. The van der Waals surface area contributed by atoms with Crippen LogP contribution in [0.15, 0.2) is 36.4 Å². The Labute approximate surface area is 250 Å². The molecule has 0 saturated carbocycles. The van der Waals surface area contributed by atoms with Gasteiger partial charge in [-0.15, -0.1) is 0 Å². The third kappa shape index (κ3) is 7.96. The van der Waals surface area contributed by atoms with Crippen molar-refractivity contribution in [1.82, 2.24) is 4.90 Å². The second kappa shape index (κ2) is 13.5. The molecule has 2 aliphatic rings. The minimum absolute atomic E-state index is 0. The van der Waals surface area contributed by atoms with Crippen LogP contribution in [0.2, 0.25) is 10.0 Å². The maximum atomic E-state index is 12.1. The van der Waals surface area contributed by atoms with E-state index in [-0.39, 0.29) is 49.8 Å². The molecule has 2 aliphatic heterocycles. The molecule has 36 heavy (non-hydrogen) atoms. The first-order valence-electron chi connectivity index (χ1n) is 11.4. The van der Waals surface area contributed by atoms with Gasteiger partial charge in [0.2, 0.25) is 0 Å². The maximum Gasteiger partial charge on any atom is 2.00 e. The van der Waals surface area contributed by atoms with E-state index in [9.17, 15) is 19.1 Å². The molecule has 0 atom stereocenters. The van der Waals surface area contributed by atoms with Crippen molar-refractivity contribution in [3.05, 3.63) is 52.0 Å². The summed E-state index contributed by atoms with van der Waals surface area (Å²) >= 11 is 12.5. The summed E-state index contributed by atoms with van der Waals surface area (Å²) in [6.45, 7) is 5.03. The van der Waals surface area contributed by atoms with Crippen LogP contribution >= 0.6 is 31.0 Å². The molecule has 0 N–H and O–H groups in total. The van der Waals surface area contributed by atoms with Crippen molar-refractivity contribution >= 4 is 86.0 Å². The van der Waals surface area contributed by atoms with E-state index in [2.05, 4.69) is 14.4 Å². The number of hydrogen-bond acceptors (Lipinski definition) is 8. The molecule has 0 spiro atoms. The van der Waals surface area contributed by atoms with Crippen molar-refractivity contribution in [2.75, 3.05) is 49.3 Å². The largest absolute Gasteiger partial charge is 2.00 e. The SMILES string of the molecule is O=C1CCc2ccc(OCCCCN3CCN(c4cccc(Cl)c4Cl)CC3)cc2N1OP(=O)([O-])[O-].[Ca+2]. The van der Waals surface area contributed by atoms with Gasteiger partial charge in [0.15, 0.2) is 0 Å². The summed E-state index contributed by atoms with van der Waals surface area (Å²) in [6.07, 6.45) is 2.28. The quantitative estimate of drug-likeness (QED) is 0.252. The minimum Gasteiger partial charge on any atom is -0.788 e. The molecule has 0 aliphatic carbocycles. The van der Waals surface area contributed by atoms with Crippen LogP contribution in [0, 0.1) is 0 Å². The first-order valence-corrected chi connectivity index (χ1v) is 13.6. The molecule has 4 rings (SSSR count). The molecular formula is C23H26CaCl2N3O6P. The van der Waals surface area contributed by atoms with E-state index in [0.717, 1.165) is 51.3 Å². The number of aryl methyl sites for hydroxylation is 1. The van der Waals surface area contributed by atoms with Crippen molar-refractivity contribution in [2.24, 2.45) is 0 Å². The van der Waals surface area contributed by atoms with E-state index >= 15 is 0 Å². The topological polar surface area (TPSA) is 108 Å². The summed E-state index contributed by atoms with van der Waals surface area (Å²) in [4.78, 5) is 38.8. The number of hydroxylamine groups is 1. The van der Waals surface area contributed by atoms with E-state index < -0.39 is 13.7 Å². The zero-order valence-corrected chi connectivity index (χ0v) is 24.4. The van der Waals surface area contributed by atoms with Gasteiger partial charge < -0.3 is 24.0 Å². The van der Waals surface area contributed by atoms with Crippen LogP contribution in [0.25, 0.3) is 0 Å². The molecule has 1 saturated heterocycles. The van der Waals surface area contributed by atoms with Crippen LogP contribution in [0.5, 0.6) is 5.75 Å². The van der Waals surface area contributed by atoms with Gasteiger partial charge in [0.05, 0.1) is 35.8 Å². The zero-order chi connectivity index (χ0) is 25.0. The van der Waals surface area contributed by atoms with Crippen LogP contribution in [-0.4, -0.2) is 87.9 Å². The van der Waals surface area contributed by atoms with Gasteiger partial charge >= 0.3 is 37.7 Å². The number of rotatable bonds is 9. The van der Waals surface area contributed by atoms with Crippen molar-refractivity contribution in [3.8, 4) is 5.75 Å². The van der Waals surface area contributed by atoms with E-state index in [1.165, 1.54) is 6.07 Å². The monoisotopic (exact) mass is 581 g/mol. The van der Waals surface area contributed by atoms with Gasteiger partial charge in [0.25, 0.3) is 5.91 Å². The van der Waals surface area contributed by atoms with Gasteiger partial charge in [-0.2, -0.15) is 5.06 Å². The summed E-state index contributed by atoms with van der Waals surface area (Å²) in [5.41, 5.74) is 1.91. The van der Waals surface area contributed by atoms with Crippen molar-refractivity contribution in [3.63, 3.8) is 0 Å². The number of unbranched alkanes of at least 4 members (excludes halogenated alkanes) is 1. The first-order chi connectivity index (χ1) is 16.7. The summed E-state index contributed by atoms with van der Waals surface area (Å²) in [7, 11) is -5.37. The Morgan fingerprint density at radius 3 is 2.44 bits per heavy atom. The maximum absolute atomic E-state index is 12.1. The number of piperazine rings is 1. The Balaban J connectivity index is 0.00000361. The number of carbonyl (C=O) groups excluding carboxylic acids is 1. The van der Waals surface area contributed by atoms with Crippen LogP contribution in [0.3, 0.4) is 0 Å². The fourth-order valence-corrected chi connectivity index (χ4v) is 5.07. The molecule has 2 heterocycles. The number of fused-ring (bicyclic) bond motifs is 1. The summed E-state index contributed by atoms with van der Waals surface area (Å²) in [5.74, 6) is -0.106. The third-order valence-electron chi connectivity index (χ3n) is 6.07.